The molecule has 1 unspecified atom stereocenters. The van der Waals surface area contributed by atoms with Crippen molar-refractivity contribution in [3.8, 4) is 0 Å². The summed E-state index contributed by atoms with van der Waals surface area (Å²) in [5, 5.41) is 12.7. The molecule has 1 heterocycles. The molecule has 0 spiro atoms. The highest BCUT2D eigenvalue weighted by Gasteiger charge is 2.31. The van der Waals surface area contributed by atoms with Crippen molar-refractivity contribution in [1.82, 2.24) is 10.2 Å². The van der Waals surface area contributed by atoms with Crippen molar-refractivity contribution >= 4 is 6.03 Å². The molecule has 0 radical (unpaired) electrons. The van der Waals surface area contributed by atoms with Crippen LogP contribution in [0.1, 0.15) is 50.1 Å². The summed E-state index contributed by atoms with van der Waals surface area (Å²) in [6.45, 7) is 0.834. The average Bonchev–Trinajstić information content (AvgIpc) is 3.00. The third-order valence-electron chi connectivity index (χ3n) is 4.72. The van der Waals surface area contributed by atoms with Crippen molar-refractivity contribution in [2.45, 2.75) is 56.7 Å². The van der Waals surface area contributed by atoms with Crippen molar-refractivity contribution in [2.75, 3.05) is 6.54 Å². The van der Waals surface area contributed by atoms with Crippen molar-refractivity contribution in [1.29, 1.82) is 0 Å². The van der Waals surface area contributed by atoms with E-state index < -0.39 is 0 Å². The van der Waals surface area contributed by atoms with Crippen LogP contribution in [0.3, 0.4) is 0 Å². The van der Waals surface area contributed by atoms with Gasteiger partial charge in [-0.15, -0.1) is 0 Å². The van der Waals surface area contributed by atoms with E-state index in [1.807, 2.05) is 23.1 Å². The zero-order chi connectivity index (χ0) is 14.7. The van der Waals surface area contributed by atoms with Gasteiger partial charge in [0.15, 0.2) is 0 Å². The number of carbonyl (C=O) groups excluding carboxylic acids is 1. The summed E-state index contributed by atoms with van der Waals surface area (Å²) in [5.74, 6) is 0. The summed E-state index contributed by atoms with van der Waals surface area (Å²) in [6, 6.07) is 10.8. The molecule has 114 valence electrons. The average molecular weight is 288 g/mol. The van der Waals surface area contributed by atoms with Gasteiger partial charge in [-0.1, -0.05) is 30.3 Å². The molecule has 3 rings (SSSR count). The molecule has 1 aromatic carbocycles. The zero-order valence-corrected chi connectivity index (χ0v) is 12.4. The number of urea groups is 1. The fourth-order valence-electron chi connectivity index (χ4n) is 3.51. The number of likely N-dealkylation sites (tertiary alicyclic amines) is 1. The maximum Gasteiger partial charge on any atom is 0.318 e. The van der Waals surface area contributed by atoms with Crippen LogP contribution < -0.4 is 5.32 Å². The van der Waals surface area contributed by atoms with Crippen LogP contribution >= 0.6 is 0 Å². The van der Waals surface area contributed by atoms with E-state index in [0.29, 0.717) is 0 Å². The molecule has 21 heavy (non-hydrogen) atoms. The number of aliphatic hydroxyl groups is 1. The Balaban J connectivity index is 1.61. The van der Waals surface area contributed by atoms with Gasteiger partial charge in [-0.3, -0.25) is 0 Å². The predicted octanol–water partition coefficient (Wildman–Crippen LogP) is 2.84. The van der Waals surface area contributed by atoms with Crippen LogP contribution in [0, 0.1) is 0 Å². The molecule has 1 aliphatic heterocycles. The first-order valence-electron chi connectivity index (χ1n) is 8.04. The van der Waals surface area contributed by atoms with Crippen LogP contribution in [0.5, 0.6) is 0 Å². The summed E-state index contributed by atoms with van der Waals surface area (Å²) >= 11 is 0. The number of amides is 2. The highest BCUT2D eigenvalue weighted by molar-refractivity contribution is 5.75. The lowest BCUT2D eigenvalue weighted by Gasteiger charge is -2.31. The normalized spacial score (nSPS) is 29.4. The van der Waals surface area contributed by atoms with Crippen LogP contribution in [0.15, 0.2) is 30.3 Å². The summed E-state index contributed by atoms with van der Waals surface area (Å²) in [7, 11) is 0. The van der Waals surface area contributed by atoms with E-state index >= 15 is 0 Å². The van der Waals surface area contributed by atoms with Gasteiger partial charge in [0.1, 0.15) is 0 Å². The molecule has 2 aliphatic rings. The van der Waals surface area contributed by atoms with Crippen LogP contribution in [0.2, 0.25) is 0 Å². The molecule has 2 N–H and O–H groups in total. The van der Waals surface area contributed by atoms with Crippen molar-refractivity contribution in [3.05, 3.63) is 35.9 Å². The van der Waals surface area contributed by atoms with Crippen LogP contribution in [0.4, 0.5) is 4.79 Å². The number of nitrogens with zero attached hydrogens (tertiary/aromatic N) is 1. The molecule has 1 atom stereocenters. The summed E-state index contributed by atoms with van der Waals surface area (Å²) < 4.78 is 0. The number of hydrogen-bond donors (Lipinski definition) is 2. The zero-order valence-electron chi connectivity index (χ0n) is 12.4. The first-order chi connectivity index (χ1) is 10.2. The van der Waals surface area contributed by atoms with E-state index in [-0.39, 0.29) is 24.2 Å². The number of nitrogens with one attached hydrogen (secondary N) is 1. The topological polar surface area (TPSA) is 52.6 Å². The second-order valence-electron chi connectivity index (χ2n) is 6.22. The standard InChI is InChI=1S/C17H24N2O2/c20-15-10-8-14(9-11-15)18-17(21)19-12-4-7-16(19)13-5-2-1-3-6-13/h1-3,5-6,14-16,20H,4,7-12H2,(H,18,21). The molecular weight excluding hydrogens is 264 g/mol. The number of carbonyl (C=O) groups is 1. The molecule has 1 saturated carbocycles. The summed E-state index contributed by atoms with van der Waals surface area (Å²) in [4.78, 5) is 14.5. The maximum atomic E-state index is 12.5. The number of benzene rings is 1. The molecule has 2 amide bonds. The van der Waals surface area contributed by atoms with Gasteiger partial charge in [0.05, 0.1) is 12.1 Å². The summed E-state index contributed by atoms with van der Waals surface area (Å²) in [6.07, 6.45) is 5.30. The van der Waals surface area contributed by atoms with Gasteiger partial charge in [-0.25, -0.2) is 4.79 Å². The predicted molar refractivity (Wildman–Crippen MR) is 81.9 cm³/mol. The molecule has 1 aliphatic carbocycles. The van der Waals surface area contributed by atoms with Crippen LogP contribution in [0.25, 0.3) is 0 Å². The van der Waals surface area contributed by atoms with Gasteiger partial charge in [0, 0.05) is 12.6 Å². The minimum absolute atomic E-state index is 0.0581. The Labute approximate surface area is 126 Å². The highest BCUT2D eigenvalue weighted by Crippen LogP contribution is 2.32. The second kappa shape index (κ2) is 6.48. The van der Waals surface area contributed by atoms with E-state index in [9.17, 15) is 9.90 Å². The van der Waals surface area contributed by atoms with E-state index in [1.165, 1.54) is 5.56 Å². The molecule has 1 saturated heterocycles. The lowest BCUT2D eigenvalue weighted by molar-refractivity contribution is 0.114. The maximum absolute atomic E-state index is 12.5. The minimum Gasteiger partial charge on any atom is -0.393 e. The van der Waals surface area contributed by atoms with Gasteiger partial charge in [-0.05, 0) is 44.1 Å². The number of rotatable bonds is 2. The Kier molecular flexibility index (Phi) is 4.44. The largest absolute Gasteiger partial charge is 0.393 e. The van der Waals surface area contributed by atoms with Gasteiger partial charge in [0.2, 0.25) is 0 Å². The lowest BCUT2D eigenvalue weighted by Crippen LogP contribution is -2.46. The monoisotopic (exact) mass is 288 g/mol. The Morgan fingerprint density at radius 3 is 2.52 bits per heavy atom. The van der Waals surface area contributed by atoms with E-state index in [4.69, 9.17) is 0 Å². The first-order valence-corrected chi connectivity index (χ1v) is 8.04. The molecule has 2 fully saturated rings. The third-order valence-corrected chi connectivity index (χ3v) is 4.72. The van der Waals surface area contributed by atoms with Crippen molar-refractivity contribution < 1.29 is 9.90 Å². The molecule has 0 aromatic heterocycles. The molecule has 4 heteroatoms. The van der Waals surface area contributed by atoms with Gasteiger partial charge < -0.3 is 15.3 Å². The Morgan fingerprint density at radius 2 is 1.81 bits per heavy atom. The Hall–Kier alpha value is -1.55. The Morgan fingerprint density at radius 1 is 1.10 bits per heavy atom. The van der Waals surface area contributed by atoms with Gasteiger partial charge >= 0.3 is 6.03 Å². The summed E-state index contributed by atoms with van der Waals surface area (Å²) in [5.41, 5.74) is 1.23. The first kappa shape index (κ1) is 14.4. The molecule has 4 nitrogen and oxygen atoms in total. The fourth-order valence-corrected chi connectivity index (χ4v) is 3.51. The number of aliphatic hydroxyl groups excluding tert-OH is 1. The van der Waals surface area contributed by atoms with E-state index in [1.54, 1.807) is 0 Å². The fraction of sp³-hybridized carbons (Fsp3) is 0.588. The highest BCUT2D eigenvalue weighted by atomic mass is 16.3. The van der Waals surface area contributed by atoms with Gasteiger partial charge in [0.25, 0.3) is 0 Å². The van der Waals surface area contributed by atoms with E-state index in [2.05, 4.69) is 17.4 Å². The van der Waals surface area contributed by atoms with E-state index in [0.717, 1.165) is 45.1 Å². The van der Waals surface area contributed by atoms with Crippen molar-refractivity contribution in [3.63, 3.8) is 0 Å². The number of hydrogen-bond acceptors (Lipinski definition) is 2. The van der Waals surface area contributed by atoms with Crippen LogP contribution in [-0.4, -0.2) is 34.7 Å². The van der Waals surface area contributed by atoms with Gasteiger partial charge in [-0.2, -0.15) is 0 Å². The molecule has 1 aromatic rings. The quantitative estimate of drug-likeness (QED) is 0.879. The van der Waals surface area contributed by atoms with Crippen molar-refractivity contribution in [2.24, 2.45) is 0 Å². The smallest absolute Gasteiger partial charge is 0.318 e. The second-order valence-corrected chi connectivity index (χ2v) is 6.22. The molecule has 0 bridgehead atoms. The minimum atomic E-state index is -0.179. The lowest BCUT2D eigenvalue weighted by atomic mass is 9.93. The molecular formula is C17H24N2O2. The third kappa shape index (κ3) is 3.38. The van der Waals surface area contributed by atoms with Crippen LogP contribution in [-0.2, 0) is 0 Å². The SMILES string of the molecule is O=C(NC1CCC(O)CC1)N1CCCC1c1ccccc1. The Bertz CT molecular complexity index is 469.